The van der Waals surface area contributed by atoms with Crippen LogP contribution >= 0.6 is 12.2 Å². The minimum absolute atomic E-state index is 0.181. The lowest BCUT2D eigenvalue weighted by Crippen LogP contribution is -1.93. The molecule has 0 radical (unpaired) electrons. The SMILES string of the molecule is C#CCC(C)c1noc(=S)[nH]1. The minimum atomic E-state index is 0.181. The van der Waals surface area contributed by atoms with Gasteiger partial charge in [0.1, 0.15) is 0 Å². The maximum absolute atomic E-state index is 5.13. The van der Waals surface area contributed by atoms with Gasteiger partial charge >= 0.3 is 0 Å². The van der Waals surface area contributed by atoms with E-state index in [4.69, 9.17) is 18.6 Å². The normalized spacial score (nSPS) is 12.4. The number of aromatic amines is 1. The molecule has 0 saturated heterocycles. The second-order valence-corrected chi connectivity index (χ2v) is 2.66. The van der Waals surface area contributed by atoms with Crippen molar-refractivity contribution in [2.24, 2.45) is 0 Å². The summed E-state index contributed by atoms with van der Waals surface area (Å²) in [5, 5.41) is 3.70. The molecule has 58 valence electrons. The topological polar surface area (TPSA) is 41.8 Å². The third kappa shape index (κ3) is 1.92. The van der Waals surface area contributed by atoms with Gasteiger partial charge in [-0.05, 0) is 12.2 Å². The highest BCUT2D eigenvalue weighted by atomic mass is 32.1. The van der Waals surface area contributed by atoms with E-state index in [1.165, 1.54) is 0 Å². The number of nitrogens with one attached hydrogen (secondary N) is 1. The van der Waals surface area contributed by atoms with E-state index < -0.39 is 0 Å². The van der Waals surface area contributed by atoms with Crippen molar-refractivity contribution in [3.8, 4) is 12.3 Å². The molecule has 0 saturated carbocycles. The number of aromatic nitrogens is 2. The van der Waals surface area contributed by atoms with Crippen LogP contribution in [0.5, 0.6) is 0 Å². The van der Waals surface area contributed by atoms with Crippen LogP contribution in [0.1, 0.15) is 25.1 Å². The molecule has 1 unspecified atom stereocenters. The molecule has 3 nitrogen and oxygen atoms in total. The Morgan fingerprint density at radius 3 is 3.09 bits per heavy atom. The molecule has 1 atom stereocenters. The lowest BCUT2D eigenvalue weighted by molar-refractivity contribution is 0.395. The number of hydrogen-bond donors (Lipinski definition) is 1. The van der Waals surface area contributed by atoms with Gasteiger partial charge in [-0.3, -0.25) is 4.98 Å². The average Bonchev–Trinajstić information content (AvgIpc) is 2.36. The highest BCUT2D eigenvalue weighted by molar-refractivity contribution is 7.71. The summed E-state index contributed by atoms with van der Waals surface area (Å²) in [5.41, 5.74) is 0. The van der Waals surface area contributed by atoms with Crippen molar-refractivity contribution in [1.29, 1.82) is 0 Å². The zero-order valence-electron chi connectivity index (χ0n) is 6.13. The Morgan fingerprint density at radius 2 is 2.64 bits per heavy atom. The Kier molecular flexibility index (Phi) is 2.44. The summed E-state index contributed by atoms with van der Waals surface area (Å²) >= 11 is 4.70. The fourth-order valence-corrected chi connectivity index (χ4v) is 0.869. The van der Waals surface area contributed by atoms with Crippen LogP contribution in [0.4, 0.5) is 0 Å². The van der Waals surface area contributed by atoms with Crippen LogP contribution in [-0.2, 0) is 0 Å². The molecule has 11 heavy (non-hydrogen) atoms. The molecule has 1 heterocycles. The van der Waals surface area contributed by atoms with E-state index in [-0.39, 0.29) is 5.92 Å². The van der Waals surface area contributed by atoms with E-state index in [0.29, 0.717) is 17.1 Å². The molecule has 1 aromatic heterocycles. The smallest absolute Gasteiger partial charge is 0.294 e. The maximum Gasteiger partial charge on any atom is 0.294 e. The number of H-pyrrole nitrogens is 1. The minimum Gasteiger partial charge on any atom is -0.324 e. The zero-order chi connectivity index (χ0) is 8.27. The van der Waals surface area contributed by atoms with Gasteiger partial charge in [0, 0.05) is 12.3 Å². The fourth-order valence-electron chi connectivity index (χ4n) is 0.727. The average molecular weight is 168 g/mol. The van der Waals surface area contributed by atoms with E-state index in [9.17, 15) is 0 Å². The molecule has 1 N–H and O–H groups in total. The second kappa shape index (κ2) is 3.35. The Morgan fingerprint density at radius 1 is 1.91 bits per heavy atom. The van der Waals surface area contributed by atoms with Crippen molar-refractivity contribution in [3.05, 3.63) is 10.7 Å². The highest BCUT2D eigenvalue weighted by Gasteiger charge is 2.07. The van der Waals surface area contributed by atoms with Gasteiger partial charge in [-0.2, -0.15) is 0 Å². The third-order valence-electron chi connectivity index (χ3n) is 1.35. The van der Waals surface area contributed by atoms with Crippen LogP contribution in [0.25, 0.3) is 0 Å². The van der Waals surface area contributed by atoms with Crippen LogP contribution in [0, 0.1) is 17.2 Å². The van der Waals surface area contributed by atoms with Gasteiger partial charge in [0.25, 0.3) is 4.84 Å². The van der Waals surface area contributed by atoms with Crippen LogP contribution in [-0.4, -0.2) is 10.1 Å². The molecule has 1 aromatic rings. The van der Waals surface area contributed by atoms with E-state index >= 15 is 0 Å². The summed E-state index contributed by atoms with van der Waals surface area (Å²) < 4.78 is 4.67. The Balaban J connectivity index is 2.78. The highest BCUT2D eigenvalue weighted by Crippen LogP contribution is 2.12. The first-order valence-electron chi connectivity index (χ1n) is 3.23. The van der Waals surface area contributed by atoms with Gasteiger partial charge in [-0.1, -0.05) is 12.1 Å². The van der Waals surface area contributed by atoms with E-state index in [1.54, 1.807) is 0 Å². The number of rotatable bonds is 2. The van der Waals surface area contributed by atoms with Crippen molar-refractivity contribution in [2.75, 3.05) is 0 Å². The zero-order valence-corrected chi connectivity index (χ0v) is 6.94. The van der Waals surface area contributed by atoms with Crippen LogP contribution < -0.4 is 0 Å². The van der Waals surface area contributed by atoms with Crippen molar-refractivity contribution in [2.45, 2.75) is 19.3 Å². The Hall–Kier alpha value is -1.08. The Bertz CT molecular complexity index is 320. The van der Waals surface area contributed by atoms with Gasteiger partial charge < -0.3 is 4.52 Å². The molecular weight excluding hydrogens is 160 g/mol. The summed E-state index contributed by atoms with van der Waals surface area (Å²) in [7, 11) is 0. The number of terminal acetylenes is 1. The molecule has 0 aliphatic carbocycles. The van der Waals surface area contributed by atoms with Crippen molar-refractivity contribution in [1.82, 2.24) is 10.1 Å². The summed E-state index contributed by atoms with van der Waals surface area (Å²) in [6.07, 6.45) is 5.76. The van der Waals surface area contributed by atoms with Gasteiger partial charge in [-0.25, -0.2) is 0 Å². The molecule has 0 fully saturated rings. The molecule has 0 aromatic carbocycles. The van der Waals surface area contributed by atoms with E-state index in [1.807, 2.05) is 6.92 Å². The summed E-state index contributed by atoms with van der Waals surface area (Å²) in [5.74, 6) is 3.44. The van der Waals surface area contributed by atoms with Crippen molar-refractivity contribution >= 4 is 12.2 Å². The molecular formula is C7H8N2OS. The first-order chi connectivity index (χ1) is 5.24. The number of nitrogens with zero attached hydrogens (tertiary/aromatic N) is 1. The van der Waals surface area contributed by atoms with Crippen LogP contribution in [0.2, 0.25) is 0 Å². The maximum atomic E-state index is 5.13. The van der Waals surface area contributed by atoms with Crippen LogP contribution in [0.15, 0.2) is 4.52 Å². The van der Waals surface area contributed by atoms with Gasteiger partial charge in [0.05, 0.1) is 0 Å². The predicted octanol–water partition coefficient (Wildman–Crippen LogP) is 1.86. The Labute approximate surface area is 69.8 Å². The first kappa shape index (κ1) is 8.02. The summed E-state index contributed by atoms with van der Waals surface area (Å²) in [6.45, 7) is 1.96. The molecule has 0 spiro atoms. The molecule has 1 rings (SSSR count). The monoisotopic (exact) mass is 168 g/mol. The lowest BCUT2D eigenvalue weighted by atomic mass is 10.1. The van der Waals surface area contributed by atoms with Crippen molar-refractivity contribution < 1.29 is 4.52 Å². The molecule has 4 heteroatoms. The predicted molar refractivity (Wildman–Crippen MR) is 43.6 cm³/mol. The molecule has 0 amide bonds. The lowest BCUT2D eigenvalue weighted by Gasteiger charge is -1.98. The largest absolute Gasteiger partial charge is 0.324 e. The molecule has 0 aliphatic rings. The third-order valence-corrected chi connectivity index (χ3v) is 1.52. The fraction of sp³-hybridized carbons (Fsp3) is 0.429. The summed E-state index contributed by atoms with van der Waals surface area (Å²) in [6, 6.07) is 0. The standard InChI is InChI=1S/C7H8N2OS/c1-3-4-5(2)6-8-7(11)10-9-6/h1,5H,4H2,2H3,(H,8,9,11). The van der Waals surface area contributed by atoms with Gasteiger partial charge in [0.15, 0.2) is 5.82 Å². The quantitative estimate of drug-likeness (QED) is 0.541. The van der Waals surface area contributed by atoms with Crippen LogP contribution in [0.3, 0.4) is 0 Å². The van der Waals surface area contributed by atoms with Crippen molar-refractivity contribution in [3.63, 3.8) is 0 Å². The summed E-state index contributed by atoms with van der Waals surface area (Å²) in [4.78, 5) is 3.10. The van der Waals surface area contributed by atoms with Gasteiger partial charge in [-0.15, -0.1) is 12.3 Å². The molecule has 0 bridgehead atoms. The second-order valence-electron chi connectivity index (χ2n) is 2.29. The van der Waals surface area contributed by atoms with E-state index in [2.05, 4.69) is 20.6 Å². The number of hydrogen-bond acceptors (Lipinski definition) is 3. The molecule has 0 aliphatic heterocycles. The van der Waals surface area contributed by atoms with Gasteiger partial charge in [0.2, 0.25) is 0 Å². The first-order valence-corrected chi connectivity index (χ1v) is 3.64. The van der Waals surface area contributed by atoms with E-state index in [0.717, 1.165) is 0 Å².